The van der Waals surface area contributed by atoms with Crippen molar-refractivity contribution in [2.75, 3.05) is 6.61 Å². The zero-order valence-corrected chi connectivity index (χ0v) is 18.2. The average molecular weight is 449 g/mol. The highest BCUT2D eigenvalue weighted by atomic mass is 79.9. The fourth-order valence-corrected chi connectivity index (χ4v) is 3.71. The van der Waals surface area contributed by atoms with Gasteiger partial charge in [-0.15, -0.1) is 0 Å². The van der Waals surface area contributed by atoms with Gasteiger partial charge in [-0.2, -0.15) is 5.26 Å². The van der Waals surface area contributed by atoms with Crippen LogP contribution in [0, 0.1) is 25.2 Å². The van der Waals surface area contributed by atoms with Crippen LogP contribution in [0.5, 0.6) is 0 Å². The van der Waals surface area contributed by atoms with E-state index in [4.69, 9.17) is 4.74 Å². The number of hydrogen-bond donors (Lipinski definition) is 0. The maximum absolute atomic E-state index is 12.1. The van der Waals surface area contributed by atoms with Crippen molar-refractivity contribution >= 4 is 33.5 Å². The highest BCUT2D eigenvalue weighted by molar-refractivity contribution is 9.10. The molecule has 0 radical (unpaired) electrons. The van der Waals surface area contributed by atoms with Crippen molar-refractivity contribution in [2.24, 2.45) is 0 Å². The second kappa shape index (κ2) is 8.93. The van der Waals surface area contributed by atoms with Gasteiger partial charge < -0.3 is 9.30 Å². The van der Waals surface area contributed by atoms with Crippen LogP contribution in [0.2, 0.25) is 0 Å². The summed E-state index contributed by atoms with van der Waals surface area (Å²) in [5, 5.41) is 9.67. The second-order valence-electron chi connectivity index (χ2n) is 6.61. The summed E-state index contributed by atoms with van der Waals surface area (Å²) in [5.41, 5.74) is 5.81. The van der Waals surface area contributed by atoms with E-state index in [1.54, 1.807) is 13.0 Å². The van der Waals surface area contributed by atoms with E-state index in [0.29, 0.717) is 17.7 Å². The van der Waals surface area contributed by atoms with Gasteiger partial charge in [0.1, 0.15) is 0 Å². The van der Waals surface area contributed by atoms with Gasteiger partial charge in [0.05, 0.1) is 23.8 Å². The molecule has 0 N–H and O–H groups in total. The lowest BCUT2D eigenvalue weighted by Crippen LogP contribution is -2.06. The van der Waals surface area contributed by atoms with Gasteiger partial charge in [0.25, 0.3) is 0 Å². The fraction of sp³-hybridized carbons (Fsp3) is 0.167. The Bertz CT molecular complexity index is 1140. The number of aryl methyl sites for hydroxylation is 1. The Kier molecular flexibility index (Phi) is 6.36. The normalized spacial score (nSPS) is 11.2. The third-order valence-electron chi connectivity index (χ3n) is 4.64. The van der Waals surface area contributed by atoms with Crippen molar-refractivity contribution in [3.8, 4) is 11.8 Å². The van der Waals surface area contributed by atoms with Gasteiger partial charge in [-0.25, -0.2) is 4.79 Å². The first-order valence-electron chi connectivity index (χ1n) is 9.28. The molecule has 0 aliphatic carbocycles. The lowest BCUT2D eigenvalue weighted by atomic mass is 10.0. The number of halogens is 1. The van der Waals surface area contributed by atoms with E-state index in [9.17, 15) is 10.1 Å². The third-order valence-corrected chi connectivity index (χ3v) is 5.13. The number of ether oxygens (including phenoxy) is 1. The van der Waals surface area contributed by atoms with Gasteiger partial charge in [0.2, 0.25) is 0 Å². The number of benzene rings is 2. The van der Waals surface area contributed by atoms with E-state index in [1.165, 1.54) is 0 Å². The molecule has 1 heterocycles. The number of allylic oxidation sites excluding steroid dienone is 1. The lowest BCUT2D eigenvalue weighted by molar-refractivity contribution is 0.0526. The Morgan fingerprint density at radius 3 is 2.55 bits per heavy atom. The van der Waals surface area contributed by atoms with E-state index in [1.807, 2.05) is 68.5 Å². The van der Waals surface area contributed by atoms with Crippen LogP contribution in [0.4, 0.5) is 0 Å². The van der Waals surface area contributed by atoms with Crippen LogP contribution in [-0.2, 0) is 4.74 Å². The molecule has 0 saturated carbocycles. The predicted molar refractivity (Wildman–Crippen MR) is 119 cm³/mol. The summed E-state index contributed by atoms with van der Waals surface area (Å²) < 4.78 is 8.11. The SMILES string of the molecule is CCOC(=O)c1cccc(-n2c(C)cc(/C=C(/C#N)c3cccc(Br)c3)c2C)c1. The maximum Gasteiger partial charge on any atom is 0.338 e. The summed E-state index contributed by atoms with van der Waals surface area (Å²) >= 11 is 3.46. The van der Waals surface area contributed by atoms with E-state index >= 15 is 0 Å². The Morgan fingerprint density at radius 2 is 1.86 bits per heavy atom. The van der Waals surface area contributed by atoms with Crippen LogP contribution < -0.4 is 0 Å². The Labute approximate surface area is 179 Å². The van der Waals surface area contributed by atoms with Crippen molar-refractivity contribution in [3.05, 3.63) is 87.1 Å². The average Bonchev–Trinajstić information content (AvgIpc) is 2.99. The molecule has 0 amide bonds. The molecule has 0 aliphatic rings. The number of rotatable bonds is 5. The van der Waals surface area contributed by atoms with Crippen molar-refractivity contribution in [1.29, 1.82) is 5.26 Å². The van der Waals surface area contributed by atoms with Gasteiger partial charge in [0.15, 0.2) is 0 Å². The molecular weight excluding hydrogens is 428 g/mol. The van der Waals surface area contributed by atoms with E-state index in [2.05, 4.69) is 26.6 Å². The first kappa shape index (κ1) is 20.6. The molecule has 3 rings (SSSR count). The summed E-state index contributed by atoms with van der Waals surface area (Å²) in [7, 11) is 0. The largest absolute Gasteiger partial charge is 0.462 e. The lowest BCUT2D eigenvalue weighted by Gasteiger charge is -2.11. The van der Waals surface area contributed by atoms with Gasteiger partial charge in [-0.05, 0) is 74.4 Å². The summed E-state index contributed by atoms with van der Waals surface area (Å²) in [6, 6.07) is 19.4. The van der Waals surface area contributed by atoms with Crippen LogP contribution in [-0.4, -0.2) is 17.1 Å². The van der Waals surface area contributed by atoms with Gasteiger partial charge >= 0.3 is 5.97 Å². The molecule has 0 aliphatic heterocycles. The topological polar surface area (TPSA) is 55.0 Å². The summed E-state index contributed by atoms with van der Waals surface area (Å²) in [6.07, 6.45) is 1.90. The minimum atomic E-state index is -0.335. The van der Waals surface area contributed by atoms with Crippen molar-refractivity contribution in [1.82, 2.24) is 4.57 Å². The first-order valence-corrected chi connectivity index (χ1v) is 10.1. The van der Waals surface area contributed by atoms with Crippen LogP contribution in [0.3, 0.4) is 0 Å². The second-order valence-corrected chi connectivity index (χ2v) is 7.53. The number of nitrogens with zero attached hydrogens (tertiary/aromatic N) is 2. The summed E-state index contributed by atoms with van der Waals surface area (Å²) in [5.74, 6) is -0.335. The molecule has 146 valence electrons. The van der Waals surface area contributed by atoms with Crippen molar-refractivity contribution in [2.45, 2.75) is 20.8 Å². The Balaban J connectivity index is 2.05. The number of carbonyl (C=O) groups excluding carboxylic acids is 1. The smallest absolute Gasteiger partial charge is 0.338 e. The molecule has 3 aromatic rings. The number of aromatic nitrogens is 1. The monoisotopic (exact) mass is 448 g/mol. The van der Waals surface area contributed by atoms with E-state index in [0.717, 1.165) is 32.7 Å². The van der Waals surface area contributed by atoms with Crippen molar-refractivity contribution in [3.63, 3.8) is 0 Å². The van der Waals surface area contributed by atoms with E-state index < -0.39 is 0 Å². The standard InChI is InChI=1S/C24H21BrN2O2/c1-4-29-24(28)19-8-6-10-23(14-19)27-16(2)11-20(17(27)3)12-21(15-26)18-7-5-9-22(25)13-18/h5-14H,4H2,1-3H3/b21-12-. The molecule has 0 atom stereocenters. The zero-order valence-electron chi connectivity index (χ0n) is 16.6. The number of hydrogen-bond acceptors (Lipinski definition) is 3. The van der Waals surface area contributed by atoms with E-state index in [-0.39, 0.29) is 5.97 Å². The highest BCUT2D eigenvalue weighted by Gasteiger charge is 2.13. The van der Waals surface area contributed by atoms with Crippen LogP contribution in [0.15, 0.2) is 59.1 Å². The summed E-state index contributed by atoms with van der Waals surface area (Å²) in [4.78, 5) is 12.1. The molecule has 0 spiro atoms. The van der Waals surface area contributed by atoms with Gasteiger partial charge in [-0.3, -0.25) is 0 Å². The molecule has 0 fully saturated rings. The fourth-order valence-electron chi connectivity index (χ4n) is 3.31. The molecule has 0 bridgehead atoms. The third kappa shape index (κ3) is 4.49. The number of esters is 1. The Hall–Kier alpha value is -3.10. The quantitative estimate of drug-likeness (QED) is 0.350. The number of nitriles is 1. The minimum Gasteiger partial charge on any atom is -0.462 e. The maximum atomic E-state index is 12.1. The molecule has 2 aromatic carbocycles. The van der Waals surface area contributed by atoms with Gasteiger partial charge in [0, 0.05) is 21.5 Å². The molecule has 0 saturated heterocycles. The molecule has 1 aromatic heterocycles. The zero-order chi connectivity index (χ0) is 21.0. The number of carbonyl (C=O) groups is 1. The first-order chi connectivity index (χ1) is 13.9. The summed E-state index contributed by atoms with van der Waals surface area (Å²) in [6.45, 7) is 6.14. The highest BCUT2D eigenvalue weighted by Crippen LogP contribution is 2.27. The molecule has 0 unspecified atom stereocenters. The van der Waals surface area contributed by atoms with Crippen LogP contribution in [0.25, 0.3) is 17.3 Å². The molecular formula is C24H21BrN2O2. The Morgan fingerprint density at radius 1 is 1.14 bits per heavy atom. The van der Waals surface area contributed by atoms with Crippen LogP contribution >= 0.6 is 15.9 Å². The molecule has 4 nitrogen and oxygen atoms in total. The predicted octanol–water partition coefficient (Wildman–Crippen LogP) is 6.10. The minimum absolute atomic E-state index is 0.335. The van der Waals surface area contributed by atoms with Crippen molar-refractivity contribution < 1.29 is 9.53 Å². The van der Waals surface area contributed by atoms with Crippen LogP contribution in [0.1, 0.15) is 39.8 Å². The van der Waals surface area contributed by atoms with Gasteiger partial charge in [-0.1, -0.05) is 34.1 Å². The molecule has 5 heteroatoms. The molecule has 29 heavy (non-hydrogen) atoms.